The fourth-order valence-electron chi connectivity index (χ4n) is 0.964. The number of alkyl halides is 2. The summed E-state index contributed by atoms with van der Waals surface area (Å²) in [6, 6.07) is 0. The summed E-state index contributed by atoms with van der Waals surface area (Å²) in [5.41, 5.74) is 0. The third-order valence-electron chi connectivity index (χ3n) is 1.52. The van der Waals surface area contributed by atoms with Crippen LogP contribution in [0.3, 0.4) is 0 Å². The lowest BCUT2D eigenvalue weighted by molar-refractivity contribution is 0.943. The molecule has 5 nitrogen and oxygen atoms in total. The number of nitrogens with one attached hydrogen (secondary N) is 2. The monoisotopic (exact) mass is 337 g/mol. The highest BCUT2D eigenvalue weighted by molar-refractivity contribution is 9.24. The summed E-state index contributed by atoms with van der Waals surface area (Å²) >= 11 is 6.72. The Hall–Kier alpha value is -0.430. The molecule has 0 saturated heterocycles. The molecule has 0 amide bonds. The van der Waals surface area contributed by atoms with Gasteiger partial charge in [0.25, 0.3) is 0 Å². The van der Waals surface area contributed by atoms with E-state index in [-0.39, 0.29) is 3.74 Å². The molecule has 84 valence electrons. The highest BCUT2D eigenvalue weighted by atomic mass is 79.9. The summed E-state index contributed by atoms with van der Waals surface area (Å²) in [5, 5.41) is 6.12. The van der Waals surface area contributed by atoms with Crippen LogP contribution in [0.15, 0.2) is 0 Å². The van der Waals surface area contributed by atoms with Crippen LogP contribution in [0, 0.1) is 0 Å². The zero-order valence-corrected chi connectivity index (χ0v) is 11.8. The van der Waals surface area contributed by atoms with Crippen molar-refractivity contribution in [3.05, 3.63) is 5.82 Å². The average molecular weight is 339 g/mol. The lowest BCUT2D eigenvalue weighted by Gasteiger charge is -2.08. The molecule has 15 heavy (non-hydrogen) atoms. The van der Waals surface area contributed by atoms with Crippen molar-refractivity contribution in [3.63, 3.8) is 0 Å². The van der Waals surface area contributed by atoms with E-state index in [2.05, 4.69) is 57.4 Å². The number of hydrogen-bond donors (Lipinski definition) is 2. The van der Waals surface area contributed by atoms with E-state index >= 15 is 0 Å². The zero-order valence-electron chi connectivity index (χ0n) is 8.59. The molecule has 2 N–H and O–H groups in total. The van der Waals surface area contributed by atoms with Crippen LogP contribution in [0.2, 0.25) is 0 Å². The minimum Gasteiger partial charge on any atom is -0.354 e. The number of rotatable bonds is 5. The first-order valence-electron chi connectivity index (χ1n) is 4.69. The van der Waals surface area contributed by atoms with E-state index in [9.17, 15) is 0 Å². The van der Waals surface area contributed by atoms with E-state index in [1.54, 1.807) is 0 Å². The van der Waals surface area contributed by atoms with Gasteiger partial charge in [0.2, 0.25) is 11.9 Å². The second-order valence-electron chi connectivity index (χ2n) is 2.70. The highest BCUT2D eigenvalue weighted by Gasteiger charge is 2.10. The van der Waals surface area contributed by atoms with Crippen molar-refractivity contribution in [1.29, 1.82) is 0 Å². The molecule has 1 aromatic heterocycles. The minimum atomic E-state index is -0.0668. The number of nitrogens with zero attached hydrogens (tertiary/aromatic N) is 3. The average Bonchev–Trinajstić information content (AvgIpc) is 2.18. The van der Waals surface area contributed by atoms with Crippen LogP contribution in [0.5, 0.6) is 0 Å². The van der Waals surface area contributed by atoms with Crippen LogP contribution < -0.4 is 10.6 Å². The molecule has 0 spiro atoms. The maximum atomic E-state index is 4.24. The standard InChI is InChI=1S/C8H13Br2N5/c1-3-11-7-13-6(5(9)10)14-8(15-7)12-4-2/h5H,3-4H2,1-2H3,(H2,11,12,13,14,15). The normalized spacial score (nSPS) is 10.5. The van der Waals surface area contributed by atoms with E-state index in [0.717, 1.165) is 13.1 Å². The Balaban J connectivity index is 2.97. The second kappa shape index (κ2) is 6.22. The molecule has 0 aliphatic rings. The van der Waals surface area contributed by atoms with Gasteiger partial charge in [0.05, 0.1) is 0 Å². The molecule has 0 aliphatic heterocycles. The maximum absolute atomic E-state index is 4.24. The zero-order chi connectivity index (χ0) is 11.3. The van der Waals surface area contributed by atoms with Crippen molar-refractivity contribution in [1.82, 2.24) is 15.0 Å². The number of anilines is 2. The molecule has 0 aliphatic carbocycles. The maximum Gasteiger partial charge on any atom is 0.227 e. The Morgan fingerprint density at radius 2 is 1.47 bits per heavy atom. The summed E-state index contributed by atoms with van der Waals surface area (Å²) in [6.45, 7) is 5.56. The molecule has 0 bridgehead atoms. The SMILES string of the molecule is CCNc1nc(NCC)nc(C(Br)Br)n1. The number of aromatic nitrogens is 3. The smallest absolute Gasteiger partial charge is 0.227 e. The van der Waals surface area contributed by atoms with Crippen molar-refractivity contribution in [2.45, 2.75) is 17.6 Å². The first-order valence-corrected chi connectivity index (χ1v) is 6.52. The Morgan fingerprint density at radius 3 is 1.80 bits per heavy atom. The molecular weight excluding hydrogens is 326 g/mol. The van der Waals surface area contributed by atoms with Crippen molar-refractivity contribution in [3.8, 4) is 0 Å². The molecule has 7 heteroatoms. The van der Waals surface area contributed by atoms with Crippen LogP contribution in [0.4, 0.5) is 11.9 Å². The van der Waals surface area contributed by atoms with Gasteiger partial charge >= 0.3 is 0 Å². The van der Waals surface area contributed by atoms with Crippen molar-refractivity contribution >= 4 is 43.8 Å². The Bertz CT molecular complexity index is 294. The third-order valence-corrected chi connectivity index (χ3v) is 2.34. The predicted octanol–water partition coefficient (Wildman–Crippen LogP) is 2.52. The van der Waals surface area contributed by atoms with E-state index < -0.39 is 0 Å². The van der Waals surface area contributed by atoms with Gasteiger partial charge in [-0.15, -0.1) is 0 Å². The molecule has 0 saturated carbocycles. The van der Waals surface area contributed by atoms with Gasteiger partial charge in [-0.2, -0.15) is 15.0 Å². The molecule has 1 rings (SSSR count). The second-order valence-corrected chi connectivity index (χ2v) is 5.76. The Labute approximate surface area is 106 Å². The molecule has 1 heterocycles. The summed E-state index contributed by atoms with van der Waals surface area (Å²) < 4.78 is -0.0668. The molecule has 0 atom stereocenters. The number of halogens is 2. The minimum absolute atomic E-state index is 0.0668. The molecule has 0 radical (unpaired) electrons. The fourth-order valence-corrected chi connectivity index (χ4v) is 1.37. The largest absolute Gasteiger partial charge is 0.354 e. The van der Waals surface area contributed by atoms with Gasteiger partial charge in [-0.25, -0.2) is 0 Å². The van der Waals surface area contributed by atoms with Gasteiger partial charge in [-0.3, -0.25) is 0 Å². The quantitative estimate of drug-likeness (QED) is 0.808. The predicted molar refractivity (Wildman–Crippen MR) is 68.7 cm³/mol. The lowest BCUT2D eigenvalue weighted by atomic mass is 10.6. The Kier molecular flexibility index (Phi) is 5.24. The number of hydrogen-bond acceptors (Lipinski definition) is 5. The van der Waals surface area contributed by atoms with E-state index in [0.29, 0.717) is 17.7 Å². The van der Waals surface area contributed by atoms with Crippen LogP contribution in [-0.2, 0) is 0 Å². The van der Waals surface area contributed by atoms with Gasteiger partial charge in [0, 0.05) is 13.1 Å². The van der Waals surface area contributed by atoms with Gasteiger partial charge in [-0.1, -0.05) is 31.9 Å². The van der Waals surface area contributed by atoms with Crippen molar-refractivity contribution in [2.75, 3.05) is 23.7 Å². The molecule has 0 unspecified atom stereocenters. The summed E-state index contributed by atoms with van der Waals surface area (Å²) in [7, 11) is 0. The van der Waals surface area contributed by atoms with Gasteiger partial charge < -0.3 is 10.6 Å². The fraction of sp³-hybridized carbons (Fsp3) is 0.625. The van der Waals surface area contributed by atoms with Crippen LogP contribution in [-0.4, -0.2) is 28.0 Å². The molecule has 1 aromatic rings. The lowest BCUT2D eigenvalue weighted by Crippen LogP contribution is -2.10. The Morgan fingerprint density at radius 1 is 1.00 bits per heavy atom. The molecule has 0 aromatic carbocycles. The topological polar surface area (TPSA) is 62.7 Å². The van der Waals surface area contributed by atoms with E-state index in [4.69, 9.17) is 0 Å². The van der Waals surface area contributed by atoms with E-state index in [1.807, 2.05) is 13.8 Å². The van der Waals surface area contributed by atoms with Gasteiger partial charge in [0.15, 0.2) is 5.82 Å². The van der Waals surface area contributed by atoms with Crippen LogP contribution in [0.1, 0.15) is 23.4 Å². The van der Waals surface area contributed by atoms with E-state index in [1.165, 1.54) is 0 Å². The first-order chi connectivity index (χ1) is 7.17. The molecular formula is C8H13Br2N5. The summed E-state index contributed by atoms with van der Waals surface area (Å²) in [5.74, 6) is 1.82. The summed E-state index contributed by atoms with van der Waals surface area (Å²) in [4.78, 5) is 12.7. The highest BCUT2D eigenvalue weighted by Crippen LogP contribution is 2.27. The van der Waals surface area contributed by atoms with Gasteiger partial charge in [-0.05, 0) is 13.8 Å². The van der Waals surface area contributed by atoms with Crippen LogP contribution in [0.25, 0.3) is 0 Å². The first kappa shape index (κ1) is 12.6. The summed E-state index contributed by atoms with van der Waals surface area (Å²) in [6.07, 6.45) is 0. The van der Waals surface area contributed by atoms with Crippen molar-refractivity contribution in [2.24, 2.45) is 0 Å². The van der Waals surface area contributed by atoms with Gasteiger partial charge in [0.1, 0.15) is 3.74 Å². The molecule has 0 fully saturated rings. The van der Waals surface area contributed by atoms with Crippen LogP contribution >= 0.6 is 31.9 Å². The third kappa shape index (κ3) is 3.90. The van der Waals surface area contributed by atoms with Crippen molar-refractivity contribution < 1.29 is 0 Å².